The Hall–Kier alpha value is -0.0800. The van der Waals surface area contributed by atoms with Gasteiger partial charge in [0.1, 0.15) is 0 Å². The van der Waals surface area contributed by atoms with E-state index in [4.69, 9.17) is 0 Å². The van der Waals surface area contributed by atoms with Gasteiger partial charge in [0, 0.05) is 18.1 Å². The van der Waals surface area contributed by atoms with Crippen molar-refractivity contribution in [1.82, 2.24) is 10.6 Å². The third-order valence-electron chi connectivity index (χ3n) is 4.34. The molecule has 1 unspecified atom stereocenters. The van der Waals surface area contributed by atoms with Crippen LogP contribution in [0.15, 0.2) is 0 Å². The van der Waals surface area contributed by atoms with Gasteiger partial charge in [-0.15, -0.1) is 0 Å². The van der Waals surface area contributed by atoms with Gasteiger partial charge in [0.05, 0.1) is 0 Å². The molecule has 2 rings (SSSR count). The number of hydrogen-bond donors (Lipinski definition) is 2. The lowest BCUT2D eigenvalue weighted by Crippen LogP contribution is -2.50. The lowest BCUT2D eigenvalue weighted by molar-refractivity contribution is 0.292. The molecule has 0 bridgehead atoms. The van der Waals surface area contributed by atoms with Crippen LogP contribution in [0.25, 0.3) is 0 Å². The van der Waals surface area contributed by atoms with E-state index in [0.717, 1.165) is 6.04 Å². The predicted octanol–water partition coefficient (Wildman–Crippen LogP) is 2.44. The number of hydrogen-bond acceptors (Lipinski definition) is 2. The van der Waals surface area contributed by atoms with Crippen molar-refractivity contribution in [3.8, 4) is 0 Å². The molecule has 0 spiro atoms. The summed E-state index contributed by atoms with van der Waals surface area (Å²) in [5, 5.41) is 7.49. The molecule has 2 aliphatic rings. The molecule has 2 fully saturated rings. The van der Waals surface area contributed by atoms with Crippen molar-refractivity contribution in [3.05, 3.63) is 0 Å². The normalized spacial score (nSPS) is 33.4. The van der Waals surface area contributed by atoms with Crippen molar-refractivity contribution in [3.63, 3.8) is 0 Å². The van der Waals surface area contributed by atoms with Crippen LogP contribution >= 0.6 is 0 Å². The third-order valence-corrected chi connectivity index (χ3v) is 4.34. The Labute approximate surface area is 94.2 Å². The summed E-state index contributed by atoms with van der Waals surface area (Å²) in [5.41, 5.74) is 0.428. The Morgan fingerprint density at radius 3 is 2.60 bits per heavy atom. The maximum absolute atomic E-state index is 3.79. The summed E-state index contributed by atoms with van der Waals surface area (Å²) in [6.07, 6.45) is 11.1. The Morgan fingerprint density at radius 2 is 2.00 bits per heavy atom. The van der Waals surface area contributed by atoms with Crippen LogP contribution in [0.2, 0.25) is 0 Å². The smallest absolute Gasteiger partial charge is 0.0304 e. The molecule has 1 heterocycles. The molecular weight excluding hydrogens is 184 g/mol. The Morgan fingerprint density at radius 1 is 1.20 bits per heavy atom. The van der Waals surface area contributed by atoms with Gasteiger partial charge >= 0.3 is 0 Å². The molecule has 1 aliphatic carbocycles. The highest BCUT2D eigenvalue weighted by atomic mass is 15.1. The second-order valence-electron chi connectivity index (χ2n) is 5.38. The molecule has 1 aliphatic heterocycles. The molecule has 1 atom stereocenters. The average Bonchev–Trinajstić information content (AvgIpc) is 2.77. The van der Waals surface area contributed by atoms with Crippen molar-refractivity contribution in [1.29, 1.82) is 0 Å². The first-order valence-corrected chi connectivity index (χ1v) is 6.83. The first kappa shape index (κ1) is 11.4. The van der Waals surface area contributed by atoms with Crippen molar-refractivity contribution in [2.45, 2.75) is 69.9 Å². The number of rotatable bonds is 4. The molecule has 0 aromatic heterocycles. The topological polar surface area (TPSA) is 24.1 Å². The van der Waals surface area contributed by atoms with E-state index >= 15 is 0 Å². The van der Waals surface area contributed by atoms with Gasteiger partial charge in [-0.2, -0.15) is 0 Å². The summed E-state index contributed by atoms with van der Waals surface area (Å²) in [6, 6.07) is 0.810. The van der Waals surface area contributed by atoms with Gasteiger partial charge in [0.25, 0.3) is 0 Å². The largest absolute Gasteiger partial charge is 0.312 e. The van der Waals surface area contributed by atoms with Gasteiger partial charge < -0.3 is 10.6 Å². The minimum atomic E-state index is 0.428. The summed E-state index contributed by atoms with van der Waals surface area (Å²) >= 11 is 0. The highest BCUT2D eigenvalue weighted by Gasteiger charge is 2.31. The zero-order valence-electron chi connectivity index (χ0n) is 10.1. The van der Waals surface area contributed by atoms with Crippen molar-refractivity contribution >= 4 is 0 Å². The van der Waals surface area contributed by atoms with Crippen LogP contribution in [0.4, 0.5) is 0 Å². The second-order valence-corrected chi connectivity index (χ2v) is 5.38. The Bertz CT molecular complexity index is 179. The van der Waals surface area contributed by atoms with Crippen LogP contribution in [-0.4, -0.2) is 24.7 Å². The van der Waals surface area contributed by atoms with Crippen LogP contribution in [0.3, 0.4) is 0 Å². The van der Waals surface area contributed by atoms with E-state index in [9.17, 15) is 0 Å². The molecule has 15 heavy (non-hydrogen) atoms. The minimum absolute atomic E-state index is 0.428. The molecule has 88 valence electrons. The zero-order chi connectivity index (χ0) is 10.6. The minimum Gasteiger partial charge on any atom is -0.312 e. The van der Waals surface area contributed by atoms with Gasteiger partial charge in [-0.3, -0.25) is 0 Å². The van der Waals surface area contributed by atoms with E-state index < -0.39 is 0 Å². The maximum Gasteiger partial charge on any atom is 0.0304 e. The quantitative estimate of drug-likeness (QED) is 0.745. The summed E-state index contributed by atoms with van der Waals surface area (Å²) in [5.74, 6) is 0. The van der Waals surface area contributed by atoms with Gasteiger partial charge in [0.2, 0.25) is 0 Å². The Kier molecular flexibility index (Phi) is 4.04. The van der Waals surface area contributed by atoms with E-state index in [-0.39, 0.29) is 0 Å². The molecule has 1 saturated carbocycles. The molecule has 0 aromatic rings. The molecule has 0 radical (unpaired) electrons. The fourth-order valence-corrected chi connectivity index (χ4v) is 3.09. The lowest BCUT2D eigenvalue weighted by Gasteiger charge is -2.32. The molecule has 2 heteroatoms. The SMILES string of the molecule is CCC1(CNC2CCCCC2)CCCN1. The average molecular weight is 210 g/mol. The van der Waals surface area contributed by atoms with E-state index in [0.29, 0.717) is 5.54 Å². The van der Waals surface area contributed by atoms with E-state index in [2.05, 4.69) is 17.6 Å². The van der Waals surface area contributed by atoms with Crippen LogP contribution in [0, 0.1) is 0 Å². The molecular formula is C13H26N2. The van der Waals surface area contributed by atoms with E-state index in [1.165, 1.54) is 64.5 Å². The van der Waals surface area contributed by atoms with Crippen LogP contribution < -0.4 is 10.6 Å². The lowest BCUT2D eigenvalue weighted by atomic mass is 9.91. The van der Waals surface area contributed by atoms with E-state index in [1.54, 1.807) is 0 Å². The zero-order valence-corrected chi connectivity index (χ0v) is 10.1. The van der Waals surface area contributed by atoms with Crippen molar-refractivity contribution in [2.24, 2.45) is 0 Å². The number of nitrogens with one attached hydrogen (secondary N) is 2. The molecule has 0 aromatic carbocycles. The summed E-state index contributed by atoms with van der Waals surface area (Å²) in [6.45, 7) is 4.73. The first-order chi connectivity index (χ1) is 7.35. The standard InChI is InChI=1S/C13H26N2/c1-2-13(9-6-10-15-13)11-14-12-7-4-3-5-8-12/h12,14-15H,2-11H2,1H3. The van der Waals surface area contributed by atoms with Crippen molar-refractivity contribution < 1.29 is 0 Å². The van der Waals surface area contributed by atoms with Gasteiger partial charge in [0.15, 0.2) is 0 Å². The van der Waals surface area contributed by atoms with Crippen LogP contribution in [-0.2, 0) is 0 Å². The summed E-state index contributed by atoms with van der Waals surface area (Å²) < 4.78 is 0. The fourth-order valence-electron chi connectivity index (χ4n) is 3.09. The van der Waals surface area contributed by atoms with E-state index in [1.807, 2.05) is 0 Å². The monoisotopic (exact) mass is 210 g/mol. The fraction of sp³-hybridized carbons (Fsp3) is 1.00. The van der Waals surface area contributed by atoms with Gasteiger partial charge in [-0.25, -0.2) is 0 Å². The Balaban J connectivity index is 1.75. The molecule has 1 saturated heterocycles. The first-order valence-electron chi connectivity index (χ1n) is 6.83. The third kappa shape index (κ3) is 2.94. The molecule has 2 N–H and O–H groups in total. The summed E-state index contributed by atoms with van der Waals surface area (Å²) in [7, 11) is 0. The highest BCUT2D eigenvalue weighted by Crippen LogP contribution is 2.23. The molecule has 2 nitrogen and oxygen atoms in total. The summed E-state index contributed by atoms with van der Waals surface area (Å²) in [4.78, 5) is 0. The highest BCUT2D eigenvalue weighted by molar-refractivity contribution is 4.94. The second kappa shape index (κ2) is 5.31. The van der Waals surface area contributed by atoms with Crippen molar-refractivity contribution in [2.75, 3.05) is 13.1 Å². The van der Waals surface area contributed by atoms with Gasteiger partial charge in [-0.05, 0) is 38.6 Å². The molecule has 0 amide bonds. The maximum atomic E-state index is 3.79. The van der Waals surface area contributed by atoms with Gasteiger partial charge in [-0.1, -0.05) is 26.2 Å². The predicted molar refractivity (Wildman–Crippen MR) is 65.1 cm³/mol. The van der Waals surface area contributed by atoms with Crippen LogP contribution in [0.1, 0.15) is 58.3 Å². The van der Waals surface area contributed by atoms with Crippen LogP contribution in [0.5, 0.6) is 0 Å².